The molecule has 2 heterocycles. The highest BCUT2D eigenvalue weighted by Crippen LogP contribution is 2.24. The van der Waals surface area contributed by atoms with Gasteiger partial charge in [-0.3, -0.25) is 9.88 Å². The zero-order valence-electron chi connectivity index (χ0n) is 9.22. The number of nitrogens with zero attached hydrogens (tertiary/aromatic N) is 2. The Morgan fingerprint density at radius 3 is 3.20 bits per heavy atom. The second-order valence-corrected chi connectivity index (χ2v) is 5.33. The number of nitrogens with two attached hydrogens (primary N) is 1. The van der Waals surface area contributed by atoms with E-state index in [4.69, 9.17) is 5.73 Å². The quantitative estimate of drug-likeness (QED) is 0.851. The van der Waals surface area contributed by atoms with E-state index in [0.717, 1.165) is 19.0 Å². The molecule has 4 heteroatoms. The molecule has 0 radical (unpaired) electrons. The number of hydrogen-bond donors (Lipinski definition) is 1. The van der Waals surface area contributed by atoms with Crippen LogP contribution < -0.4 is 5.73 Å². The van der Waals surface area contributed by atoms with Gasteiger partial charge in [0.15, 0.2) is 0 Å². The minimum atomic E-state index is 0.556. The molecule has 0 aromatic carbocycles. The fourth-order valence-electron chi connectivity index (χ4n) is 2.43. The van der Waals surface area contributed by atoms with E-state index in [2.05, 4.69) is 16.8 Å². The van der Waals surface area contributed by atoms with Crippen molar-refractivity contribution in [3.63, 3.8) is 0 Å². The molecule has 1 saturated heterocycles. The molecule has 2 N–H and O–H groups in total. The van der Waals surface area contributed by atoms with Crippen LogP contribution in [0, 0.1) is 5.92 Å². The molecule has 1 aromatic rings. The summed E-state index contributed by atoms with van der Waals surface area (Å²) in [6, 6.07) is 0.556. The van der Waals surface area contributed by atoms with Crippen LogP contribution in [0.2, 0.25) is 0 Å². The zero-order chi connectivity index (χ0) is 10.7. The van der Waals surface area contributed by atoms with Crippen LogP contribution in [0.3, 0.4) is 0 Å². The molecule has 0 bridgehead atoms. The molecule has 1 aliphatic rings. The standard InChI is InChI=1S/C11H19N3S/c1-9-3-2-4-14(11(9)5-12)7-10-6-13-8-15-10/h6,8-9,11H,2-5,7,12H2,1H3. The van der Waals surface area contributed by atoms with Crippen LogP contribution in [0.4, 0.5) is 0 Å². The van der Waals surface area contributed by atoms with Crippen molar-refractivity contribution < 1.29 is 0 Å². The highest BCUT2D eigenvalue weighted by Gasteiger charge is 2.27. The summed E-state index contributed by atoms with van der Waals surface area (Å²) in [5.74, 6) is 0.733. The summed E-state index contributed by atoms with van der Waals surface area (Å²) in [4.78, 5) is 7.98. The number of piperidine rings is 1. The minimum Gasteiger partial charge on any atom is -0.329 e. The van der Waals surface area contributed by atoms with Gasteiger partial charge in [0.25, 0.3) is 0 Å². The highest BCUT2D eigenvalue weighted by molar-refractivity contribution is 7.09. The summed E-state index contributed by atoms with van der Waals surface area (Å²) < 4.78 is 0. The Labute approximate surface area is 95.3 Å². The lowest BCUT2D eigenvalue weighted by molar-refractivity contribution is 0.100. The molecular weight excluding hydrogens is 206 g/mol. The van der Waals surface area contributed by atoms with Gasteiger partial charge in [0.05, 0.1) is 5.51 Å². The lowest BCUT2D eigenvalue weighted by Gasteiger charge is -2.39. The molecule has 0 aliphatic carbocycles. The van der Waals surface area contributed by atoms with E-state index in [0.29, 0.717) is 6.04 Å². The van der Waals surface area contributed by atoms with Crippen molar-refractivity contribution in [1.29, 1.82) is 0 Å². The topological polar surface area (TPSA) is 42.2 Å². The van der Waals surface area contributed by atoms with Crippen molar-refractivity contribution in [1.82, 2.24) is 9.88 Å². The zero-order valence-corrected chi connectivity index (χ0v) is 10.0. The van der Waals surface area contributed by atoms with Crippen molar-refractivity contribution in [3.8, 4) is 0 Å². The van der Waals surface area contributed by atoms with E-state index in [-0.39, 0.29) is 0 Å². The maximum atomic E-state index is 5.86. The third-order valence-corrected chi connectivity index (χ3v) is 4.08. The fraction of sp³-hybridized carbons (Fsp3) is 0.727. The molecule has 2 rings (SSSR count). The van der Waals surface area contributed by atoms with Gasteiger partial charge in [-0.15, -0.1) is 11.3 Å². The van der Waals surface area contributed by atoms with Crippen LogP contribution in [0.5, 0.6) is 0 Å². The smallest absolute Gasteiger partial charge is 0.0794 e. The highest BCUT2D eigenvalue weighted by atomic mass is 32.1. The maximum absolute atomic E-state index is 5.86. The van der Waals surface area contributed by atoms with Crippen molar-refractivity contribution in [2.75, 3.05) is 13.1 Å². The van der Waals surface area contributed by atoms with Crippen LogP contribution >= 0.6 is 11.3 Å². The van der Waals surface area contributed by atoms with E-state index < -0.39 is 0 Å². The van der Waals surface area contributed by atoms with Gasteiger partial charge in [-0.05, 0) is 25.3 Å². The molecule has 2 unspecified atom stereocenters. The average molecular weight is 225 g/mol. The first-order valence-corrected chi connectivity index (χ1v) is 6.50. The van der Waals surface area contributed by atoms with Crippen molar-refractivity contribution in [3.05, 3.63) is 16.6 Å². The molecule has 15 heavy (non-hydrogen) atoms. The first kappa shape index (κ1) is 11.0. The largest absolute Gasteiger partial charge is 0.329 e. The fourth-order valence-corrected chi connectivity index (χ4v) is 3.05. The Kier molecular flexibility index (Phi) is 3.72. The predicted molar refractivity (Wildman–Crippen MR) is 63.8 cm³/mol. The minimum absolute atomic E-state index is 0.556. The summed E-state index contributed by atoms with van der Waals surface area (Å²) in [6.45, 7) is 5.30. The summed E-state index contributed by atoms with van der Waals surface area (Å²) in [6.07, 6.45) is 4.59. The Hall–Kier alpha value is -0.450. The molecule has 84 valence electrons. The summed E-state index contributed by atoms with van der Waals surface area (Å²) in [7, 11) is 0. The second kappa shape index (κ2) is 5.05. The van der Waals surface area contributed by atoms with Crippen LogP contribution in [0.25, 0.3) is 0 Å². The third kappa shape index (κ3) is 2.56. The summed E-state index contributed by atoms with van der Waals surface area (Å²) >= 11 is 1.74. The Bertz CT molecular complexity index is 286. The number of hydrogen-bond acceptors (Lipinski definition) is 4. The van der Waals surface area contributed by atoms with Gasteiger partial charge in [0, 0.05) is 30.2 Å². The van der Waals surface area contributed by atoms with Crippen LogP contribution in [0.1, 0.15) is 24.6 Å². The molecule has 2 atom stereocenters. The first-order chi connectivity index (χ1) is 7.31. The lowest BCUT2D eigenvalue weighted by atomic mass is 9.91. The lowest BCUT2D eigenvalue weighted by Crippen LogP contribution is -2.47. The molecule has 0 amide bonds. The number of aromatic nitrogens is 1. The SMILES string of the molecule is CC1CCCN(Cc2cncs2)C1CN. The van der Waals surface area contributed by atoms with Crippen molar-refractivity contribution in [2.45, 2.75) is 32.4 Å². The van der Waals surface area contributed by atoms with Gasteiger partial charge in [-0.1, -0.05) is 6.92 Å². The van der Waals surface area contributed by atoms with E-state index in [1.807, 2.05) is 11.7 Å². The molecular formula is C11H19N3S. The molecule has 0 spiro atoms. The van der Waals surface area contributed by atoms with E-state index in [1.165, 1.54) is 24.3 Å². The Morgan fingerprint density at radius 1 is 1.67 bits per heavy atom. The van der Waals surface area contributed by atoms with Gasteiger partial charge in [-0.2, -0.15) is 0 Å². The molecule has 3 nitrogen and oxygen atoms in total. The first-order valence-electron chi connectivity index (χ1n) is 5.62. The second-order valence-electron chi connectivity index (χ2n) is 4.36. The van der Waals surface area contributed by atoms with Gasteiger partial charge in [-0.25, -0.2) is 0 Å². The normalized spacial score (nSPS) is 28.1. The van der Waals surface area contributed by atoms with Gasteiger partial charge in [0.1, 0.15) is 0 Å². The van der Waals surface area contributed by atoms with E-state index in [1.54, 1.807) is 11.3 Å². The van der Waals surface area contributed by atoms with Crippen molar-refractivity contribution >= 4 is 11.3 Å². The molecule has 0 saturated carbocycles. The molecule has 1 aromatic heterocycles. The molecule has 1 aliphatic heterocycles. The van der Waals surface area contributed by atoms with Crippen LogP contribution in [-0.2, 0) is 6.54 Å². The van der Waals surface area contributed by atoms with Gasteiger partial charge < -0.3 is 5.73 Å². The van der Waals surface area contributed by atoms with Gasteiger partial charge >= 0.3 is 0 Å². The number of likely N-dealkylation sites (tertiary alicyclic amines) is 1. The van der Waals surface area contributed by atoms with Crippen LogP contribution in [-0.4, -0.2) is 29.0 Å². The predicted octanol–water partition coefficient (Wildman–Crippen LogP) is 1.70. The summed E-state index contributed by atoms with van der Waals surface area (Å²) in [5, 5.41) is 0. The maximum Gasteiger partial charge on any atom is 0.0794 e. The third-order valence-electron chi connectivity index (χ3n) is 3.31. The summed E-state index contributed by atoms with van der Waals surface area (Å²) in [5.41, 5.74) is 7.76. The van der Waals surface area contributed by atoms with Gasteiger partial charge in [0.2, 0.25) is 0 Å². The Balaban J connectivity index is 2.00. The monoisotopic (exact) mass is 225 g/mol. The number of thiazole rings is 1. The van der Waals surface area contributed by atoms with Crippen LogP contribution in [0.15, 0.2) is 11.7 Å². The van der Waals surface area contributed by atoms with Crippen molar-refractivity contribution in [2.24, 2.45) is 11.7 Å². The van der Waals surface area contributed by atoms with E-state index in [9.17, 15) is 0 Å². The van der Waals surface area contributed by atoms with E-state index >= 15 is 0 Å². The number of rotatable bonds is 3. The average Bonchev–Trinajstić information content (AvgIpc) is 2.71. The Morgan fingerprint density at radius 2 is 2.53 bits per heavy atom. The molecule has 1 fully saturated rings.